The molecule has 1 N–H and O–H groups in total. The van der Waals surface area contributed by atoms with Crippen LogP contribution in [0.5, 0.6) is 0 Å². The minimum atomic E-state index is -0.500. The highest BCUT2D eigenvalue weighted by atomic mass is 16.4. The van der Waals surface area contributed by atoms with E-state index >= 15 is 0 Å². The molecule has 2 rings (SSSR count). The molecular weight excluding hydrogens is 224 g/mol. The predicted molar refractivity (Wildman–Crippen MR) is 73.4 cm³/mol. The fraction of sp³-hybridized carbons (Fsp3) is 0.938. The molecule has 2 atom stereocenters. The lowest BCUT2D eigenvalue weighted by Gasteiger charge is -2.45. The summed E-state index contributed by atoms with van der Waals surface area (Å²) in [6, 6.07) is 0. The van der Waals surface area contributed by atoms with Crippen LogP contribution in [0, 0.1) is 23.2 Å². The van der Waals surface area contributed by atoms with Gasteiger partial charge in [0.1, 0.15) is 0 Å². The Morgan fingerprint density at radius 2 is 1.89 bits per heavy atom. The average molecular weight is 252 g/mol. The normalized spacial score (nSPS) is 41.6. The van der Waals surface area contributed by atoms with E-state index in [1.54, 1.807) is 0 Å². The first-order valence-electron chi connectivity index (χ1n) is 7.82. The van der Waals surface area contributed by atoms with E-state index in [-0.39, 0.29) is 5.41 Å². The fourth-order valence-electron chi connectivity index (χ4n) is 4.33. The molecule has 2 heteroatoms. The number of aliphatic carboxylic acids is 1. The molecule has 2 fully saturated rings. The van der Waals surface area contributed by atoms with Crippen LogP contribution in [0.1, 0.15) is 71.6 Å². The van der Waals surface area contributed by atoms with Gasteiger partial charge in [-0.25, -0.2) is 0 Å². The van der Waals surface area contributed by atoms with Crippen molar-refractivity contribution in [3.05, 3.63) is 0 Å². The van der Waals surface area contributed by atoms with Crippen molar-refractivity contribution in [2.75, 3.05) is 0 Å². The summed E-state index contributed by atoms with van der Waals surface area (Å²) >= 11 is 0. The van der Waals surface area contributed by atoms with Gasteiger partial charge >= 0.3 is 5.97 Å². The van der Waals surface area contributed by atoms with Gasteiger partial charge in [0.05, 0.1) is 5.41 Å². The number of hydrogen-bond acceptors (Lipinski definition) is 1. The molecular formula is C16H28O2. The molecule has 2 nitrogen and oxygen atoms in total. The number of carbonyl (C=O) groups is 1. The van der Waals surface area contributed by atoms with E-state index in [9.17, 15) is 9.90 Å². The first-order valence-corrected chi connectivity index (χ1v) is 7.82. The summed E-state index contributed by atoms with van der Waals surface area (Å²) in [4.78, 5) is 11.9. The molecule has 0 aliphatic heterocycles. The molecule has 0 amide bonds. The van der Waals surface area contributed by atoms with Crippen molar-refractivity contribution in [2.24, 2.45) is 23.2 Å². The maximum Gasteiger partial charge on any atom is 0.309 e. The fourth-order valence-corrected chi connectivity index (χ4v) is 4.33. The van der Waals surface area contributed by atoms with Gasteiger partial charge in [0.15, 0.2) is 0 Å². The van der Waals surface area contributed by atoms with Crippen molar-refractivity contribution in [1.29, 1.82) is 0 Å². The quantitative estimate of drug-likeness (QED) is 0.804. The van der Waals surface area contributed by atoms with Crippen LogP contribution in [0.25, 0.3) is 0 Å². The van der Waals surface area contributed by atoms with Crippen LogP contribution in [-0.4, -0.2) is 11.1 Å². The highest BCUT2D eigenvalue weighted by Gasteiger charge is 2.48. The Balaban J connectivity index is 2.13. The second kappa shape index (κ2) is 5.63. The SMILES string of the molecule is CCC1CCCC(C(=O)O)(C2CCC(C)CC2)C1. The molecule has 0 saturated heterocycles. The van der Waals surface area contributed by atoms with E-state index in [0.29, 0.717) is 11.8 Å². The van der Waals surface area contributed by atoms with Crippen LogP contribution >= 0.6 is 0 Å². The Morgan fingerprint density at radius 3 is 2.44 bits per heavy atom. The molecule has 104 valence electrons. The molecule has 0 heterocycles. The van der Waals surface area contributed by atoms with Crippen LogP contribution in [0.15, 0.2) is 0 Å². The van der Waals surface area contributed by atoms with E-state index in [1.165, 1.54) is 19.3 Å². The second-order valence-corrected chi connectivity index (χ2v) is 6.79. The van der Waals surface area contributed by atoms with Crippen molar-refractivity contribution in [3.8, 4) is 0 Å². The van der Waals surface area contributed by atoms with Crippen molar-refractivity contribution < 1.29 is 9.90 Å². The summed E-state index contributed by atoms with van der Waals surface area (Å²) in [7, 11) is 0. The summed E-state index contributed by atoms with van der Waals surface area (Å²) in [5.41, 5.74) is -0.376. The number of carboxylic acids is 1. The van der Waals surface area contributed by atoms with E-state index in [4.69, 9.17) is 0 Å². The van der Waals surface area contributed by atoms with Crippen LogP contribution in [0.2, 0.25) is 0 Å². The van der Waals surface area contributed by atoms with Crippen molar-refractivity contribution >= 4 is 5.97 Å². The smallest absolute Gasteiger partial charge is 0.309 e. The zero-order chi connectivity index (χ0) is 13.2. The average Bonchev–Trinajstić information content (AvgIpc) is 2.39. The topological polar surface area (TPSA) is 37.3 Å². The highest BCUT2D eigenvalue weighted by Crippen LogP contribution is 2.51. The van der Waals surface area contributed by atoms with Gasteiger partial charge in [-0.3, -0.25) is 4.79 Å². The van der Waals surface area contributed by atoms with E-state index in [2.05, 4.69) is 13.8 Å². The lowest BCUT2D eigenvalue weighted by molar-refractivity contribution is -0.158. The third-order valence-electron chi connectivity index (χ3n) is 5.69. The lowest BCUT2D eigenvalue weighted by atomic mass is 9.58. The maximum atomic E-state index is 11.9. The monoisotopic (exact) mass is 252 g/mol. The van der Waals surface area contributed by atoms with Crippen LogP contribution in [0.4, 0.5) is 0 Å². The van der Waals surface area contributed by atoms with Gasteiger partial charge in [0.25, 0.3) is 0 Å². The Morgan fingerprint density at radius 1 is 1.22 bits per heavy atom. The van der Waals surface area contributed by atoms with E-state index in [0.717, 1.165) is 44.4 Å². The predicted octanol–water partition coefficient (Wildman–Crippen LogP) is 4.48. The zero-order valence-electron chi connectivity index (χ0n) is 12.0. The summed E-state index contributed by atoms with van der Waals surface area (Å²) in [5.74, 6) is 1.40. The third-order valence-corrected chi connectivity index (χ3v) is 5.69. The Bertz CT molecular complexity index is 291. The Kier molecular flexibility index (Phi) is 4.34. The molecule has 2 saturated carbocycles. The molecule has 2 unspecified atom stereocenters. The first kappa shape index (κ1) is 13.9. The molecule has 18 heavy (non-hydrogen) atoms. The minimum Gasteiger partial charge on any atom is -0.481 e. The Hall–Kier alpha value is -0.530. The Labute approximate surface area is 111 Å². The van der Waals surface area contributed by atoms with Crippen LogP contribution < -0.4 is 0 Å². The van der Waals surface area contributed by atoms with Crippen molar-refractivity contribution in [2.45, 2.75) is 71.6 Å². The second-order valence-electron chi connectivity index (χ2n) is 6.79. The highest BCUT2D eigenvalue weighted by molar-refractivity contribution is 5.75. The largest absolute Gasteiger partial charge is 0.481 e. The summed E-state index contributed by atoms with van der Waals surface area (Å²) < 4.78 is 0. The first-order chi connectivity index (χ1) is 8.58. The number of carboxylic acid groups (broad SMARTS) is 1. The van der Waals surface area contributed by atoms with Gasteiger partial charge in [0.2, 0.25) is 0 Å². The maximum absolute atomic E-state index is 11.9. The van der Waals surface area contributed by atoms with Gasteiger partial charge in [0, 0.05) is 0 Å². The number of rotatable bonds is 3. The molecule has 0 aromatic rings. The third kappa shape index (κ3) is 2.57. The number of hydrogen-bond donors (Lipinski definition) is 1. The van der Waals surface area contributed by atoms with E-state index in [1.807, 2.05) is 0 Å². The van der Waals surface area contributed by atoms with E-state index < -0.39 is 5.97 Å². The van der Waals surface area contributed by atoms with Crippen molar-refractivity contribution in [3.63, 3.8) is 0 Å². The van der Waals surface area contributed by atoms with Gasteiger partial charge in [-0.15, -0.1) is 0 Å². The standard InChI is InChI=1S/C16H28O2/c1-3-13-5-4-10-16(11-13,15(17)18)14-8-6-12(2)7-9-14/h12-14H,3-11H2,1-2H3,(H,17,18). The molecule has 0 spiro atoms. The molecule has 2 aliphatic carbocycles. The summed E-state index contributed by atoms with van der Waals surface area (Å²) in [6.45, 7) is 4.52. The summed E-state index contributed by atoms with van der Waals surface area (Å²) in [5, 5.41) is 9.82. The van der Waals surface area contributed by atoms with Gasteiger partial charge in [-0.05, 0) is 43.4 Å². The van der Waals surface area contributed by atoms with Crippen molar-refractivity contribution in [1.82, 2.24) is 0 Å². The molecule has 2 aliphatic rings. The summed E-state index contributed by atoms with van der Waals surface area (Å²) in [6.07, 6.45) is 10.1. The molecule has 0 radical (unpaired) electrons. The molecule has 0 aromatic heterocycles. The van der Waals surface area contributed by atoms with Crippen LogP contribution in [0.3, 0.4) is 0 Å². The molecule has 0 aromatic carbocycles. The lowest BCUT2D eigenvalue weighted by Crippen LogP contribution is -2.44. The van der Waals surface area contributed by atoms with Gasteiger partial charge < -0.3 is 5.11 Å². The zero-order valence-corrected chi connectivity index (χ0v) is 12.0. The van der Waals surface area contributed by atoms with Gasteiger partial charge in [-0.2, -0.15) is 0 Å². The van der Waals surface area contributed by atoms with Gasteiger partial charge in [-0.1, -0.05) is 46.0 Å². The van der Waals surface area contributed by atoms with Crippen LogP contribution in [-0.2, 0) is 4.79 Å². The minimum absolute atomic E-state index is 0.376. The molecule has 0 bridgehead atoms.